The Hall–Kier alpha value is -1.96. The van der Waals surface area contributed by atoms with Crippen LogP contribution in [0.2, 0.25) is 0 Å². The van der Waals surface area contributed by atoms with E-state index in [4.69, 9.17) is 0 Å². The molecule has 0 aromatic heterocycles. The minimum absolute atomic E-state index is 0.0221. The fraction of sp³-hybridized carbons (Fsp3) is 0.478. The average Bonchev–Trinajstić information content (AvgIpc) is 2.68. The van der Waals surface area contributed by atoms with Gasteiger partial charge < -0.3 is 10.2 Å². The predicted octanol–water partition coefficient (Wildman–Crippen LogP) is 6.30. The average molecular weight is 338 g/mol. The number of hydrogen-bond donors (Lipinski definition) is 2. The molecular weight excluding hydrogens is 308 g/mol. The lowest BCUT2D eigenvalue weighted by molar-refractivity contribution is 0.398. The van der Waals surface area contributed by atoms with Crippen molar-refractivity contribution in [3.63, 3.8) is 0 Å². The van der Waals surface area contributed by atoms with E-state index in [1.165, 1.54) is 62.5 Å². The maximum atomic E-state index is 9.73. The monoisotopic (exact) mass is 338 g/mol. The van der Waals surface area contributed by atoms with Crippen LogP contribution in [-0.2, 0) is 5.41 Å². The van der Waals surface area contributed by atoms with E-state index in [0.717, 1.165) is 12.8 Å². The minimum Gasteiger partial charge on any atom is -0.508 e. The zero-order valence-electron chi connectivity index (χ0n) is 15.1. The Morgan fingerprint density at radius 3 is 1.16 bits per heavy atom. The summed E-state index contributed by atoms with van der Waals surface area (Å²) in [6, 6.07) is 15.6. The van der Waals surface area contributed by atoms with Gasteiger partial charge in [-0.05, 0) is 48.2 Å². The van der Waals surface area contributed by atoms with Crippen LogP contribution in [0.5, 0.6) is 11.5 Å². The first-order valence-electron chi connectivity index (χ1n) is 9.80. The third-order valence-corrected chi connectivity index (χ3v) is 5.80. The van der Waals surface area contributed by atoms with Gasteiger partial charge in [0.25, 0.3) is 0 Å². The SMILES string of the molecule is Oc1ccc(C2(c3ccc(O)cc3)CCCCCCCCCC2)cc1. The molecule has 3 rings (SSSR count). The standard InChI is InChI=1S/C23H30O2/c24-21-13-9-19(10-14-21)23(20-11-15-22(25)16-12-20)17-7-5-3-1-2-4-6-8-18-23/h9-16,24-25H,1-8,17-18H2. The molecule has 25 heavy (non-hydrogen) atoms. The van der Waals surface area contributed by atoms with Crippen molar-refractivity contribution in [3.8, 4) is 11.5 Å². The van der Waals surface area contributed by atoms with Crippen LogP contribution >= 0.6 is 0 Å². The number of benzene rings is 2. The van der Waals surface area contributed by atoms with Crippen LogP contribution in [-0.4, -0.2) is 10.2 Å². The molecule has 2 aromatic rings. The Morgan fingerprint density at radius 1 is 0.480 bits per heavy atom. The molecule has 2 N–H and O–H groups in total. The van der Waals surface area contributed by atoms with Gasteiger partial charge in [0.15, 0.2) is 0 Å². The predicted molar refractivity (Wildman–Crippen MR) is 103 cm³/mol. The van der Waals surface area contributed by atoms with Crippen molar-refractivity contribution in [1.82, 2.24) is 0 Å². The minimum atomic E-state index is -0.0221. The molecule has 2 aromatic carbocycles. The fourth-order valence-electron chi connectivity index (χ4n) is 4.34. The lowest BCUT2D eigenvalue weighted by Crippen LogP contribution is -2.28. The van der Waals surface area contributed by atoms with Crippen LogP contribution in [0.4, 0.5) is 0 Å². The second kappa shape index (κ2) is 8.42. The molecule has 0 unspecified atom stereocenters. The summed E-state index contributed by atoms with van der Waals surface area (Å²) in [5.74, 6) is 0.641. The summed E-state index contributed by atoms with van der Waals surface area (Å²) >= 11 is 0. The Kier molecular flexibility index (Phi) is 6.01. The van der Waals surface area contributed by atoms with Crippen LogP contribution in [0, 0.1) is 0 Å². The molecule has 1 fully saturated rings. The van der Waals surface area contributed by atoms with Crippen molar-refractivity contribution < 1.29 is 10.2 Å². The van der Waals surface area contributed by atoms with Crippen molar-refractivity contribution in [2.24, 2.45) is 0 Å². The van der Waals surface area contributed by atoms with Gasteiger partial charge in [0, 0.05) is 5.41 Å². The maximum Gasteiger partial charge on any atom is 0.115 e. The molecule has 2 heteroatoms. The molecule has 0 radical (unpaired) electrons. The third kappa shape index (κ3) is 4.36. The number of phenolic OH excluding ortho intramolecular Hbond substituents is 2. The molecule has 0 saturated heterocycles. The second-order valence-corrected chi connectivity index (χ2v) is 7.50. The normalized spacial score (nSPS) is 19.0. The van der Waals surface area contributed by atoms with Crippen molar-refractivity contribution in [2.75, 3.05) is 0 Å². The number of phenols is 2. The van der Waals surface area contributed by atoms with E-state index < -0.39 is 0 Å². The largest absolute Gasteiger partial charge is 0.508 e. The quantitative estimate of drug-likeness (QED) is 0.674. The molecule has 1 aliphatic rings. The van der Waals surface area contributed by atoms with Crippen LogP contribution in [0.25, 0.3) is 0 Å². The van der Waals surface area contributed by atoms with E-state index in [1.807, 2.05) is 24.3 Å². The highest BCUT2D eigenvalue weighted by atomic mass is 16.3. The molecule has 0 atom stereocenters. The molecule has 0 spiro atoms. The van der Waals surface area contributed by atoms with Crippen LogP contribution in [0.1, 0.15) is 75.3 Å². The summed E-state index contributed by atoms with van der Waals surface area (Å²) in [6.45, 7) is 0. The first-order chi connectivity index (χ1) is 12.2. The van der Waals surface area contributed by atoms with E-state index >= 15 is 0 Å². The van der Waals surface area contributed by atoms with E-state index in [9.17, 15) is 10.2 Å². The summed E-state index contributed by atoms with van der Waals surface area (Å²) in [6.07, 6.45) is 12.7. The Morgan fingerprint density at radius 2 is 0.800 bits per heavy atom. The number of aromatic hydroxyl groups is 2. The first kappa shape index (κ1) is 17.8. The van der Waals surface area contributed by atoms with Crippen molar-refractivity contribution in [1.29, 1.82) is 0 Å². The maximum absolute atomic E-state index is 9.73. The number of hydrogen-bond acceptors (Lipinski definition) is 2. The summed E-state index contributed by atoms with van der Waals surface area (Å²) in [4.78, 5) is 0. The summed E-state index contributed by atoms with van der Waals surface area (Å²) in [5, 5.41) is 19.5. The smallest absolute Gasteiger partial charge is 0.115 e. The van der Waals surface area contributed by atoms with Crippen LogP contribution in [0.15, 0.2) is 48.5 Å². The molecule has 0 bridgehead atoms. The van der Waals surface area contributed by atoms with Gasteiger partial charge in [-0.2, -0.15) is 0 Å². The van der Waals surface area contributed by atoms with Gasteiger partial charge in [-0.15, -0.1) is 0 Å². The van der Waals surface area contributed by atoms with Crippen LogP contribution in [0.3, 0.4) is 0 Å². The van der Waals surface area contributed by atoms with Crippen LogP contribution < -0.4 is 0 Å². The van der Waals surface area contributed by atoms with Gasteiger partial charge in [0.2, 0.25) is 0 Å². The van der Waals surface area contributed by atoms with Crippen molar-refractivity contribution in [2.45, 2.75) is 69.6 Å². The topological polar surface area (TPSA) is 40.5 Å². The van der Waals surface area contributed by atoms with E-state index in [0.29, 0.717) is 11.5 Å². The number of rotatable bonds is 2. The van der Waals surface area contributed by atoms with Crippen molar-refractivity contribution in [3.05, 3.63) is 59.7 Å². The lowest BCUT2D eigenvalue weighted by atomic mass is 9.68. The molecular formula is C23H30O2. The van der Waals surface area contributed by atoms with E-state index in [2.05, 4.69) is 24.3 Å². The van der Waals surface area contributed by atoms with E-state index in [-0.39, 0.29) is 5.41 Å². The molecule has 134 valence electrons. The zero-order chi connectivity index (χ0) is 17.5. The molecule has 0 aliphatic heterocycles. The Labute approximate surface area is 151 Å². The third-order valence-electron chi connectivity index (χ3n) is 5.80. The highest BCUT2D eigenvalue weighted by Gasteiger charge is 2.33. The summed E-state index contributed by atoms with van der Waals surface area (Å²) < 4.78 is 0. The fourth-order valence-corrected chi connectivity index (χ4v) is 4.34. The molecule has 2 nitrogen and oxygen atoms in total. The summed E-state index contributed by atoms with van der Waals surface area (Å²) in [5.41, 5.74) is 2.55. The molecule has 0 amide bonds. The highest BCUT2D eigenvalue weighted by Crippen LogP contribution is 2.43. The second-order valence-electron chi connectivity index (χ2n) is 7.50. The van der Waals surface area contributed by atoms with E-state index in [1.54, 1.807) is 0 Å². The van der Waals surface area contributed by atoms with Crippen molar-refractivity contribution >= 4 is 0 Å². The van der Waals surface area contributed by atoms with Gasteiger partial charge in [0.1, 0.15) is 11.5 Å². The van der Waals surface area contributed by atoms with Gasteiger partial charge in [0.05, 0.1) is 0 Å². The zero-order valence-corrected chi connectivity index (χ0v) is 15.1. The molecule has 1 aliphatic carbocycles. The Balaban J connectivity index is 2.01. The highest BCUT2D eigenvalue weighted by molar-refractivity contribution is 5.43. The summed E-state index contributed by atoms with van der Waals surface area (Å²) in [7, 11) is 0. The molecule has 1 saturated carbocycles. The Bertz CT molecular complexity index is 583. The van der Waals surface area contributed by atoms with Gasteiger partial charge >= 0.3 is 0 Å². The first-order valence-corrected chi connectivity index (χ1v) is 9.80. The molecule has 0 heterocycles. The lowest BCUT2D eigenvalue weighted by Gasteiger charge is -2.36. The van der Waals surface area contributed by atoms with Gasteiger partial charge in [-0.3, -0.25) is 0 Å². The van der Waals surface area contributed by atoms with Gasteiger partial charge in [-0.25, -0.2) is 0 Å². The van der Waals surface area contributed by atoms with Gasteiger partial charge in [-0.1, -0.05) is 75.6 Å².